The normalized spacial score (nSPS) is 50.8. The van der Waals surface area contributed by atoms with Gasteiger partial charge in [0.1, 0.15) is 5.78 Å². The molecule has 1 fully saturated rings. The molecular formula is C9H12O. The van der Waals surface area contributed by atoms with Crippen LogP contribution in [0.1, 0.15) is 13.8 Å². The average molecular weight is 136 g/mol. The highest BCUT2D eigenvalue weighted by Gasteiger charge is 2.46. The minimum atomic E-state index is 0.264. The number of Topliss-reactive ketones (excluding diaryl/α,β-unsaturated/α-hetero) is 1. The van der Waals surface area contributed by atoms with Crippen LogP contribution >= 0.6 is 0 Å². The first-order valence-electron chi connectivity index (χ1n) is 3.94. The van der Waals surface area contributed by atoms with Gasteiger partial charge in [0.25, 0.3) is 0 Å². The zero-order valence-corrected chi connectivity index (χ0v) is 6.37. The first-order valence-corrected chi connectivity index (χ1v) is 3.94. The van der Waals surface area contributed by atoms with Gasteiger partial charge >= 0.3 is 0 Å². The molecule has 0 N–H and O–H groups in total. The van der Waals surface area contributed by atoms with Crippen LogP contribution in [0.5, 0.6) is 0 Å². The Balaban J connectivity index is 2.38. The van der Waals surface area contributed by atoms with Crippen LogP contribution in [-0.2, 0) is 4.79 Å². The van der Waals surface area contributed by atoms with Gasteiger partial charge in [0.15, 0.2) is 0 Å². The maximum absolute atomic E-state index is 11.3. The molecule has 0 aromatic carbocycles. The van der Waals surface area contributed by atoms with Crippen LogP contribution in [0.15, 0.2) is 12.2 Å². The SMILES string of the molecule is CC1C2C=CC(C2=O)C1C. The maximum atomic E-state index is 11.3. The number of carbonyl (C=O) groups excluding carboxylic acids is 1. The summed E-state index contributed by atoms with van der Waals surface area (Å²) in [6, 6.07) is 0. The number of rotatable bonds is 0. The Labute approximate surface area is 61.1 Å². The second-order valence-corrected chi connectivity index (χ2v) is 3.56. The van der Waals surface area contributed by atoms with Crippen molar-refractivity contribution < 1.29 is 4.79 Å². The van der Waals surface area contributed by atoms with Crippen molar-refractivity contribution in [3.8, 4) is 0 Å². The van der Waals surface area contributed by atoms with Crippen LogP contribution in [0.2, 0.25) is 0 Å². The van der Waals surface area contributed by atoms with Gasteiger partial charge in [-0.1, -0.05) is 26.0 Å². The summed E-state index contributed by atoms with van der Waals surface area (Å²) in [5.74, 6) is 2.16. The lowest BCUT2D eigenvalue weighted by molar-refractivity contribution is -0.121. The number of hydrogen-bond donors (Lipinski definition) is 0. The third-order valence-electron chi connectivity index (χ3n) is 3.15. The summed E-state index contributed by atoms with van der Waals surface area (Å²) in [5, 5.41) is 0. The molecule has 0 aromatic rings. The minimum Gasteiger partial charge on any atom is -0.298 e. The second-order valence-electron chi connectivity index (χ2n) is 3.56. The van der Waals surface area contributed by atoms with E-state index in [-0.39, 0.29) is 11.8 Å². The fourth-order valence-corrected chi connectivity index (χ4v) is 2.17. The van der Waals surface area contributed by atoms with E-state index in [1.54, 1.807) is 0 Å². The van der Waals surface area contributed by atoms with Gasteiger partial charge in [-0.15, -0.1) is 0 Å². The van der Waals surface area contributed by atoms with E-state index in [9.17, 15) is 4.79 Å². The molecule has 10 heavy (non-hydrogen) atoms. The average Bonchev–Trinajstić information content (AvgIpc) is 2.34. The van der Waals surface area contributed by atoms with Gasteiger partial charge in [0, 0.05) is 11.8 Å². The molecule has 0 heterocycles. The lowest BCUT2D eigenvalue weighted by atomic mass is 9.86. The van der Waals surface area contributed by atoms with Crippen molar-refractivity contribution in [1.82, 2.24) is 0 Å². The van der Waals surface area contributed by atoms with E-state index in [0.29, 0.717) is 17.6 Å². The van der Waals surface area contributed by atoms with Gasteiger partial charge in [-0.3, -0.25) is 4.79 Å². The summed E-state index contributed by atoms with van der Waals surface area (Å²) in [4.78, 5) is 11.3. The molecule has 2 rings (SSSR count). The van der Waals surface area contributed by atoms with Crippen LogP contribution in [0.4, 0.5) is 0 Å². The van der Waals surface area contributed by atoms with Crippen LogP contribution in [0, 0.1) is 23.7 Å². The third-order valence-corrected chi connectivity index (χ3v) is 3.15. The number of hydrogen-bond acceptors (Lipinski definition) is 1. The van der Waals surface area contributed by atoms with Crippen molar-refractivity contribution in [2.24, 2.45) is 23.7 Å². The molecule has 2 aliphatic carbocycles. The highest BCUT2D eigenvalue weighted by Crippen LogP contribution is 2.44. The van der Waals surface area contributed by atoms with Gasteiger partial charge in [0.2, 0.25) is 0 Å². The molecule has 4 unspecified atom stereocenters. The lowest BCUT2D eigenvalue weighted by Gasteiger charge is -2.17. The summed E-state index contributed by atoms with van der Waals surface area (Å²) >= 11 is 0. The zero-order chi connectivity index (χ0) is 7.30. The molecule has 2 bridgehead atoms. The number of fused-ring (bicyclic) bond motifs is 2. The molecule has 1 nitrogen and oxygen atoms in total. The monoisotopic (exact) mass is 136 g/mol. The third kappa shape index (κ3) is 0.511. The highest BCUT2D eigenvalue weighted by atomic mass is 16.1. The second kappa shape index (κ2) is 1.71. The van der Waals surface area contributed by atoms with Gasteiger partial charge in [-0.05, 0) is 11.8 Å². The summed E-state index contributed by atoms with van der Waals surface area (Å²) in [6.07, 6.45) is 4.16. The molecule has 2 aliphatic rings. The maximum Gasteiger partial charge on any atom is 0.147 e. The van der Waals surface area contributed by atoms with Crippen molar-refractivity contribution >= 4 is 5.78 Å². The van der Waals surface area contributed by atoms with Gasteiger partial charge in [-0.2, -0.15) is 0 Å². The first-order chi connectivity index (χ1) is 4.72. The molecule has 1 saturated carbocycles. The molecule has 0 amide bonds. The Hall–Kier alpha value is -0.590. The predicted molar refractivity (Wildman–Crippen MR) is 39.5 cm³/mol. The fourth-order valence-electron chi connectivity index (χ4n) is 2.17. The van der Waals surface area contributed by atoms with Crippen molar-refractivity contribution in [3.63, 3.8) is 0 Å². The molecule has 0 aliphatic heterocycles. The van der Waals surface area contributed by atoms with E-state index >= 15 is 0 Å². The topological polar surface area (TPSA) is 17.1 Å². The van der Waals surface area contributed by atoms with Crippen molar-refractivity contribution in [1.29, 1.82) is 0 Å². The van der Waals surface area contributed by atoms with Crippen LogP contribution in [-0.4, -0.2) is 5.78 Å². The predicted octanol–water partition coefficient (Wildman–Crippen LogP) is 1.64. The van der Waals surface area contributed by atoms with Crippen LogP contribution < -0.4 is 0 Å². The molecule has 0 saturated heterocycles. The number of allylic oxidation sites excluding steroid dienone is 2. The Morgan fingerprint density at radius 3 is 1.70 bits per heavy atom. The van der Waals surface area contributed by atoms with Crippen molar-refractivity contribution in [2.75, 3.05) is 0 Å². The molecule has 0 spiro atoms. The Bertz CT molecular complexity index is 185. The minimum absolute atomic E-state index is 0.264. The number of ketones is 1. The first kappa shape index (κ1) is 6.14. The Kier molecular flexibility index (Phi) is 1.05. The molecule has 1 heteroatoms. The molecule has 54 valence electrons. The molecular weight excluding hydrogens is 124 g/mol. The van der Waals surface area contributed by atoms with E-state index in [1.165, 1.54) is 0 Å². The van der Waals surface area contributed by atoms with Crippen LogP contribution in [0.25, 0.3) is 0 Å². The highest BCUT2D eigenvalue weighted by molar-refractivity contribution is 5.92. The quantitative estimate of drug-likeness (QED) is 0.463. The molecule has 4 atom stereocenters. The van der Waals surface area contributed by atoms with E-state index in [4.69, 9.17) is 0 Å². The van der Waals surface area contributed by atoms with Crippen molar-refractivity contribution in [2.45, 2.75) is 13.8 Å². The molecule has 0 radical (unpaired) electrons. The summed E-state index contributed by atoms with van der Waals surface area (Å²) in [5.41, 5.74) is 0. The summed E-state index contributed by atoms with van der Waals surface area (Å²) in [7, 11) is 0. The largest absolute Gasteiger partial charge is 0.298 e. The van der Waals surface area contributed by atoms with E-state index in [1.807, 2.05) is 0 Å². The Morgan fingerprint density at radius 1 is 1.10 bits per heavy atom. The van der Waals surface area contributed by atoms with E-state index < -0.39 is 0 Å². The summed E-state index contributed by atoms with van der Waals surface area (Å²) < 4.78 is 0. The fraction of sp³-hybridized carbons (Fsp3) is 0.667. The van der Waals surface area contributed by atoms with E-state index in [0.717, 1.165) is 0 Å². The molecule has 0 aromatic heterocycles. The van der Waals surface area contributed by atoms with Gasteiger partial charge < -0.3 is 0 Å². The van der Waals surface area contributed by atoms with E-state index in [2.05, 4.69) is 26.0 Å². The Morgan fingerprint density at radius 2 is 1.50 bits per heavy atom. The van der Waals surface area contributed by atoms with Crippen molar-refractivity contribution in [3.05, 3.63) is 12.2 Å². The zero-order valence-electron chi connectivity index (χ0n) is 6.37. The summed E-state index contributed by atoms with van der Waals surface area (Å²) in [6.45, 7) is 4.35. The lowest BCUT2D eigenvalue weighted by Crippen LogP contribution is -2.12. The smallest absolute Gasteiger partial charge is 0.147 e. The van der Waals surface area contributed by atoms with Crippen LogP contribution in [0.3, 0.4) is 0 Å². The standard InChI is InChI=1S/C9H12O/c1-5-6(2)8-4-3-7(5)9(8)10/h3-8H,1-2H3. The number of carbonyl (C=O) groups is 1. The van der Waals surface area contributed by atoms with Gasteiger partial charge in [0.05, 0.1) is 0 Å². The van der Waals surface area contributed by atoms with Gasteiger partial charge in [-0.25, -0.2) is 0 Å².